The number of rotatable bonds is 6. The fourth-order valence-corrected chi connectivity index (χ4v) is 2.55. The van der Waals surface area contributed by atoms with Gasteiger partial charge in [-0.2, -0.15) is 5.10 Å². The Labute approximate surface area is 114 Å². The van der Waals surface area contributed by atoms with E-state index in [9.17, 15) is 4.79 Å². The Morgan fingerprint density at radius 1 is 1.53 bits per heavy atom. The maximum atomic E-state index is 12.1. The summed E-state index contributed by atoms with van der Waals surface area (Å²) in [6, 6.07) is 2.19. The summed E-state index contributed by atoms with van der Waals surface area (Å²) in [4.78, 5) is 12.1. The van der Waals surface area contributed by atoms with Gasteiger partial charge in [0.1, 0.15) is 5.78 Å². The Balaban J connectivity index is 1.98. The van der Waals surface area contributed by atoms with Crippen molar-refractivity contribution >= 4 is 5.78 Å². The second-order valence-electron chi connectivity index (χ2n) is 5.21. The Kier molecular flexibility index (Phi) is 4.71. The highest BCUT2D eigenvalue weighted by Gasteiger charge is 2.31. The number of hydrogen-bond acceptors (Lipinski definition) is 4. The van der Waals surface area contributed by atoms with Gasteiger partial charge in [-0.05, 0) is 18.9 Å². The smallest absolute Gasteiger partial charge is 0.145 e. The van der Waals surface area contributed by atoms with Crippen molar-refractivity contribution < 1.29 is 9.53 Å². The van der Waals surface area contributed by atoms with Gasteiger partial charge < -0.3 is 10.5 Å². The molecule has 19 heavy (non-hydrogen) atoms. The zero-order valence-corrected chi connectivity index (χ0v) is 11.7. The van der Waals surface area contributed by atoms with Crippen molar-refractivity contribution in [2.24, 2.45) is 11.7 Å². The summed E-state index contributed by atoms with van der Waals surface area (Å²) in [5.41, 5.74) is 6.69. The van der Waals surface area contributed by atoms with Crippen molar-refractivity contribution in [3.05, 3.63) is 18.0 Å². The second-order valence-corrected chi connectivity index (χ2v) is 5.21. The van der Waals surface area contributed by atoms with Gasteiger partial charge in [-0.25, -0.2) is 0 Å². The van der Waals surface area contributed by atoms with Crippen molar-refractivity contribution in [3.8, 4) is 0 Å². The van der Waals surface area contributed by atoms with E-state index in [-0.39, 0.29) is 17.7 Å². The van der Waals surface area contributed by atoms with E-state index in [1.165, 1.54) is 0 Å². The Morgan fingerprint density at radius 3 is 2.84 bits per heavy atom. The normalized spacial score (nSPS) is 23.2. The first-order valence-electron chi connectivity index (χ1n) is 7.05. The predicted molar refractivity (Wildman–Crippen MR) is 72.8 cm³/mol. The van der Waals surface area contributed by atoms with E-state index in [1.54, 1.807) is 0 Å². The van der Waals surface area contributed by atoms with Gasteiger partial charge in [-0.1, -0.05) is 13.8 Å². The first-order valence-corrected chi connectivity index (χ1v) is 7.05. The SMILES string of the molecule is CCC(CC)n1ccc(CC(=O)C2COCC2N)n1. The lowest BCUT2D eigenvalue weighted by molar-refractivity contribution is -0.122. The molecule has 0 amide bonds. The Bertz CT molecular complexity index is 426. The van der Waals surface area contributed by atoms with Crippen LogP contribution in [0.15, 0.2) is 12.3 Å². The van der Waals surface area contributed by atoms with Crippen molar-refractivity contribution in [1.82, 2.24) is 9.78 Å². The van der Waals surface area contributed by atoms with Gasteiger partial charge in [0.2, 0.25) is 0 Å². The fraction of sp³-hybridized carbons (Fsp3) is 0.714. The highest BCUT2D eigenvalue weighted by atomic mass is 16.5. The van der Waals surface area contributed by atoms with Crippen molar-refractivity contribution in [2.75, 3.05) is 13.2 Å². The molecule has 2 N–H and O–H groups in total. The second kappa shape index (κ2) is 6.30. The maximum absolute atomic E-state index is 12.1. The lowest BCUT2D eigenvalue weighted by Gasteiger charge is -2.13. The first kappa shape index (κ1) is 14.2. The standard InChI is InChI=1S/C14H23N3O2/c1-3-11(4-2)17-6-5-10(16-17)7-14(18)12-8-19-9-13(12)15/h5-6,11-13H,3-4,7-9,15H2,1-2H3. The number of Topliss-reactive ketones (excluding diaryl/α,β-unsaturated/α-hetero) is 1. The van der Waals surface area contributed by atoms with Crippen LogP contribution in [0.2, 0.25) is 0 Å². The third-order valence-corrected chi connectivity index (χ3v) is 3.87. The summed E-state index contributed by atoms with van der Waals surface area (Å²) in [5.74, 6) is -0.0295. The first-order chi connectivity index (χ1) is 9.15. The van der Waals surface area contributed by atoms with Crippen LogP contribution in [0.1, 0.15) is 38.4 Å². The quantitative estimate of drug-likeness (QED) is 0.842. The van der Waals surface area contributed by atoms with Crippen LogP contribution in [0.3, 0.4) is 0 Å². The number of ether oxygens (including phenoxy) is 1. The molecule has 1 aliphatic heterocycles. The summed E-state index contributed by atoms with van der Waals surface area (Å²) in [6.45, 7) is 5.23. The van der Waals surface area contributed by atoms with Crippen LogP contribution in [0, 0.1) is 5.92 Å². The summed E-state index contributed by atoms with van der Waals surface area (Å²) in [6.07, 6.45) is 4.42. The van der Waals surface area contributed by atoms with E-state index in [0.717, 1.165) is 18.5 Å². The molecule has 2 heterocycles. The molecule has 0 saturated carbocycles. The Hall–Kier alpha value is -1.20. The summed E-state index contributed by atoms with van der Waals surface area (Å²) in [7, 11) is 0. The van der Waals surface area contributed by atoms with Crippen molar-refractivity contribution in [2.45, 2.75) is 45.2 Å². The molecule has 0 bridgehead atoms. The molecule has 1 aromatic rings. The fourth-order valence-electron chi connectivity index (χ4n) is 2.55. The molecule has 5 heteroatoms. The number of ketones is 1. The molecular formula is C14H23N3O2. The average molecular weight is 265 g/mol. The van der Waals surface area contributed by atoms with Crippen LogP contribution < -0.4 is 5.73 Å². The molecule has 2 unspecified atom stereocenters. The van der Waals surface area contributed by atoms with E-state index in [4.69, 9.17) is 10.5 Å². The van der Waals surface area contributed by atoms with Gasteiger partial charge in [-0.3, -0.25) is 9.48 Å². The number of nitrogens with two attached hydrogens (primary N) is 1. The van der Waals surface area contributed by atoms with Gasteiger partial charge >= 0.3 is 0 Å². The molecule has 0 spiro atoms. The van der Waals surface area contributed by atoms with Gasteiger partial charge in [-0.15, -0.1) is 0 Å². The predicted octanol–water partition coefficient (Wildman–Crippen LogP) is 1.33. The van der Waals surface area contributed by atoms with Gasteiger partial charge in [0.05, 0.1) is 37.3 Å². The maximum Gasteiger partial charge on any atom is 0.145 e. The highest BCUT2D eigenvalue weighted by Crippen LogP contribution is 2.17. The van der Waals surface area contributed by atoms with Crippen LogP contribution in [0.4, 0.5) is 0 Å². The molecule has 5 nitrogen and oxygen atoms in total. The number of carbonyl (C=O) groups is 1. The molecule has 1 saturated heterocycles. The lowest BCUT2D eigenvalue weighted by Crippen LogP contribution is -2.34. The summed E-state index contributed by atoms with van der Waals surface area (Å²) < 4.78 is 7.20. The van der Waals surface area contributed by atoms with E-state index >= 15 is 0 Å². The molecule has 0 radical (unpaired) electrons. The molecule has 1 fully saturated rings. The van der Waals surface area contributed by atoms with Crippen LogP contribution in [-0.2, 0) is 16.0 Å². The van der Waals surface area contributed by atoms with Crippen molar-refractivity contribution in [1.29, 1.82) is 0 Å². The number of nitrogens with zero attached hydrogens (tertiary/aromatic N) is 2. The van der Waals surface area contributed by atoms with Gasteiger partial charge in [0, 0.05) is 12.2 Å². The molecule has 106 valence electrons. The minimum Gasteiger partial charge on any atom is -0.379 e. The van der Waals surface area contributed by atoms with E-state index in [0.29, 0.717) is 25.7 Å². The summed E-state index contributed by atoms with van der Waals surface area (Å²) >= 11 is 0. The minimum atomic E-state index is -0.168. The molecule has 1 aliphatic rings. The van der Waals surface area contributed by atoms with Gasteiger partial charge in [0.15, 0.2) is 0 Å². The van der Waals surface area contributed by atoms with Crippen LogP contribution in [0.25, 0.3) is 0 Å². The largest absolute Gasteiger partial charge is 0.379 e. The molecule has 0 aliphatic carbocycles. The average Bonchev–Trinajstić information content (AvgIpc) is 3.00. The van der Waals surface area contributed by atoms with Crippen LogP contribution >= 0.6 is 0 Å². The zero-order valence-electron chi connectivity index (χ0n) is 11.7. The third-order valence-electron chi connectivity index (χ3n) is 3.87. The van der Waals surface area contributed by atoms with E-state index in [1.807, 2.05) is 16.9 Å². The number of aromatic nitrogens is 2. The minimum absolute atomic E-state index is 0.139. The molecule has 0 aromatic carbocycles. The van der Waals surface area contributed by atoms with Crippen LogP contribution in [-0.4, -0.2) is 34.8 Å². The molecular weight excluding hydrogens is 242 g/mol. The molecule has 2 atom stereocenters. The topological polar surface area (TPSA) is 70.1 Å². The Morgan fingerprint density at radius 2 is 2.26 bits per heavy atom. The summed E-state index contributed by atoms with van der Waals surface area (Å²) in [5, 5.41) is 4.50. The van der Waals surface area contributed by atoms with E-state index < -0.39 is 0 Å². The van der Waals surface area contributed by atoms with Crippen LogP contribution in [0.5, 0.6) is 0 Å². The highest BCUT2D eigenvalue weighted by molar-refractivity contribution is 5.83. The molecule has 2 rings (SSSR count). The number of carbonyl (C=O) groups excluding carboxylic acids is 1. The molecule has 1 aromatic heterocycles. The monoisotopic (exact) mass is 265 g/mol. The van der Waals surface area contributed by atoms with Crippen molar-refractivity contribution in [3.63, 3.8) is 0 Å². The van der Waals surface area contributed by atoms with E-state index in [2.05, 4.69) is 18.9 Å². The van der Waals surface area contributed by atoms with Gasteiger partial charge in [0.25, 0.3) is 0 Å². The zero-order chi connectivity index (χ0) is 13.8. The number of hydrogen-bond donors (Lipinski definition) is 1. The lowest BCUT2D eigenvalue weighted by atomic mass is 9.96. The third kappa shape index (κ3) is 3.22.